The van der Waals surface area contributed by atoms with Crippen LogP contribution in [0, 0.1) is 5.92 Å². The molecule has 2 fully saturated rings. The number of nitrogens with one attached hydrogen (secondary N) is 1. The summed E-state index contributed by atoms with van der Waals surface area (Å²) in [6, 6.07) is 9.50. The third-order valence-corrected chi connectivity index (χ3v) is 7.42. The average Bonchev–Trinajstić information content (AvgIpc) is 3.56. The van der Waals surface area contributed by atoms with E-state index in [9.17, 15) is 5.11 Å². The van der Waals surface area contributed by atoms with E-state index in [2.05, 4.69) is 50.6 Å². The molecule has 2 N–H and O–H groups in total. The molecule has 7 heteroatoms. The Kier molecular flexibility index (Phi) is 4.86. The van der Waals surface area contributed by atoms with Crippen molar-refractivity contribution in [2.45, 2.75) is 57.5 Å². The highest BCUT2D eigenvalue weighted by Crippen LogP contribution is 2.35. The van der Waals surface area contributed by atoms with E-state index in [1.54, 1.807) is 6.33 Å². The maximum atomic E-state index is 9.64. The zero-order valence-electron chi connectivity index (χ0n) is 18.5. The molecule has 0 spiro atoms. The zero-order valence-corrected chi connectivity index (χ0v) is 18.5. The maximum Gasteiger partial charge on any atom is 0.131 e. The summed E-state index contributed by atoms with van der Waals surface area (Å²) in [5.41, 5.74) is 6.00. The molecule has 0 unspecified atom stereocenters. The Balaban J connectivity index is 1.41. The molecular formula is C25H30N6O. The van der Waals surface area contributed by atoms with Crippen LogP contribution in [-0.2, 0) is 0 Å². The number of aliphatic hydroxyl groups is 1. The van der Waals surface area contributed by atoms with Crippen LogP contribution in [0.2, 0.25) is 0 Å². The van der Waals surface area contributed by atoms with Crippen LogP contribution in [0.5, 0.6) is 0 Å². The number of rotatable bonds is 4. The van der Waals surface area contributed by atoms with Crippen LogP contribution < -0.4 is 4.90 Å². The predicted molar refractivity (Wildman–Crippen MR) is 127 cm³/mol. The van der Waals surface area contributed by atoms with E-state index in [1.165, 1.54) is 37.6 Å². The molecule has 6 rings (SSSR count). The molecule has 4 aromatic rings. The van der Waals surface area contributed by atoms with Gasteiger partial charge in [0.2, 0.25) is 0 Å². The Hall–Kier alpha value is -2.93. The fourth-order valence-corrected chi connectivity index (χ4v) is 5.70. The van der Waals surface area contributed by atoms with Gasteiger partial charge in [0.15, 0.2) is 0 Å². The molecule has 1 aliphatic heterocycles. The number of aliphatic hydroxyl groups excluding tert-OH is 1. The Morgan fingerprint density at radius 2 is 2.00 bits per heavy atom. The summed E-state index contributed by atoms with van der Waals surface area (Å²) in [4.78, 5) is 20.0. The first-order valence-electron chi connectivity index (χ1n) is 11.9. The lowest BCUT2D eigenvalue weighted by Crippen LogP contribution is -2.28. The fourth-order valence-electron chi connectivity index (χ4n) is 5.70. The van der Waals surface area contributed by atoms with Crippen molar-refractivity contribution in [1.29, 1.82) is 0 Å². The number of aromatic amines is 1. The number of hydrogen-bond acceptors (Lipinski definition) is 5. The van der Waals surface area contributed by atoms with Crippen LogP contribution >= 0.6 is 0 Å². The normalized spacial score (nSPS) is 22.4. The van der Waals surface area contributed by atoms with E-state index >= 15 is 0 Å². The van der Waals surface area contributed by atoms with Gasteiger partial charge in [0.05, 0.1) is 29.2 Å². The maximum absolute atomic E-state index is 9.64. The first-order valence-corrected chi connectivity index (χ1v) is 11.9. The predicted octanol–water partition coefficient (Wildman–Crippen LogP) is 4.69. The van der Waals surface area contributed by atoms with E-state index in [0.29, 0.717) is 18.0 Å². The van der Waals surface area contributed by atoms with Crippen LogP contribution in [-0.4, -0.2) is 48.8 Å². The summed E-state index contributed by atoms with van der Waals surface area (Å²) in [5.74, 6) is 1.24. The number of anilines is 1. The summed E-state index contributed by atoms with van der Waals surface area (Å²) < 4.78 is 2.37. The number of fused-ring (bicyclic) bond motifs is 2. The van der Waals surface area contributed by atoms with Crippen LogP contribution in [0.15, 0.2) is 36.9 Å². The van der Waals surface area contributed by atoms with Crippen molar-refractivity contribution < 1.29 is 5.11 Å². The fraction of sp³-hybridized carbons (Fsp3) is 0.480. The second-order valence-electron chi connectivity index (χ2n) is 9.56. The molecule has 1 saturated heterocycles. The lowest BCUT2D eigenvalue weighted by molar-refractivity contribution is 0.236. The Labute approximate surface area is 187 Å². The van der Waals surface area contributed by atoms with Gasteiger partial charge in [-0.15, -0.1) is 0 Å². The molecule has 166 valence electrons. The van der Waals surface area contributed by atoms with Crippen molar-refractivity contribution in [3.63, 3.8) is 0 Å². The Bertz CT molecular complexity index is 1250. The highest BCUT2D eigenvalue weighted by molar-refractivity contribution is 5.93. The van der Waals surface area contributed by atoms with E-state index in [4.69, 9.17) is 9.97 Å². The molecule has 2 aliphatic rings. The van der Waals surface area contributed by atoms with Gasteiger partial charge in [0.1, 0.15) is 17.0 Å². The van der Waals surface area contributed by atoms with Crippen molar-refractivity contribution >= 4 is 27.9 Å². The van der Waals surface area contributed by atoms with Crippen LogP contribution in [0.3, 0.4) is 0 Å². The number of benzene rings is 1. The van der Waals surface area contributed by atoms with Gasteiger partial charge in [0, 0.05) is 42.8 Å². The molecule has 1 aliphatic carbocycles. The summed E-state index contributed by atoms with van der Waals surface area (Å²) in [7, 11) is 0. The Morgan fingerprint density at radius 1 is 1.12 bits per heavy atom. The number of imidazole rings is 2. The molecule has 0 bridgehead atoms. The third-order valence-electron chi connectivity index (χ3n) is 7.42. The Morgan fingerprint density at radius 3 is 2.81 bits per heavy atom. The van der Waals surface area contributed by atoms with Crippen molar-refractivity contribution in [3.8, 4) is 11.3 Å². The standard InChI is InChI=1S/C25H30N6O/c1-16-9-17(13-32)12-30(16)23-11-21-25(27-14-26-21)24(29-23)18-7-8-22-20(10-18)28-15-31(22)19-5-3-2-4-6-19/h7-8,10-11,14-17,19,32H,2-6,9,12-13H2,1H3,(H,26,27)/t16-,17+/m0/s1. The van der Waals surface area contributed by atoms with E-state index in [1.807, 2.05) is 6.33 Å². The molecule has 1 saturated carbocycles. The van der Waals surface area contributed by atoms with Gasteiger partial charge in [-0.05, 0) is 38.3 Å². The molecular weight excluding hydrogens is 400 g/mol. The van der Waals surface area contributed by atoms with Crippen LogP contribution in [0.25, 0.3) is 33.3 Å². The molecule has 4 heterocycles. The van der Waals surface area contributed by atoms with E-state index in [0.717, 1.165) is 46.6 Å². The van der Waals surface area contributed by atoms with E-state index in [-0.39, 0.29) is 6.61 Å². The van der Waals surface area contributed by atoms with Gasteiger partial charge in [-0.25, -0.2) is 15.0 Å². The van der Waals surface area contributed by atoms with Crippen molar-refractivity contribution in [3.05, 3.63) is 36.9 Å². The molecule has 0 radical (unpaired) electrons. The summed E-state index contributed by atoms with van der Waals surface area (Å²) in [6.07, 6.45) is 11.2. The molecule has 3 aromatic heterocycles. The van der Waals surface area contributed by atoms with Crippen molar-refractivity contribution in [2.75, 3.05) is 18.1 Å². The molecule has 1 aromatic carbocycles. The van der Waals surface area contributed by atoms with Crippen LogP contribution in [0.4, 0.5) is 5.82 Å². The number of pyridine rings is 1. The second kappa shape index (κ2) is 7.89. The van der Waals surface area contributed by atoms with Gasteiger partial charge in [-0.2, -0.15) is 0 Å². The largest absolute Gasteiger partial charge is 0.396 e. The first-order chi connectivity index (χ1) is 15.7. The number of aromatic nitrogens is 5. The topological polar surface area (TPSA) is 82.9 Å². The average molecular weight is 431 g/mol. The SMILES string of the molecule is C[C@H]1C[C@@H](CO)CN1c1cc2[nH]cnc2c(-c2ccc3c(c2)ncn3C2CCCCC2)n1. The minimum absolute atomic E-state index is 0.223. The van der Waals surface area contributed by atoms with Gasteiger partial charge < -0.3 is 19.6 Å². The second-order valence-corrected chi connectivity index (χ2v) is 9.56. The zero-order chi connectivity index (χ0) is 21.7. The number of hydrogen-bond donors (Lipinski definition) is 2. The van der Waals surface area contributed by atoms with Gasteiger partial charge in [-0.3, -0.25) is 0 Å². The minimum Gasteiger partial charge on any atom is -0.396 e. The van der Waals surface area contributed by atoms with E-state index < -0.39 is 0 Å². The first kappa shape index (κ1) is 19.7. The van der Waals surface area contributed by atoms with Gasteiger partial charge >= 0.3 is 0 Å². The lowest BCUT2D eigenvalue weighted by Gasteiger charge is -2.24. The van der Waals surface area contributed by atoms with Crippen LogP contribution in [0.1, 0.15) is 51.5 Å². The number of H-pyrrole nitrogens is 1. The van der Waals surface area contributed by atoms with Gasteiger partial charge in [-0.1, -0.05) is 25.3 Å². The van der Waals surface area contributed by atoms with Crippen molar-refractivity contribution in [2.24, 2.45) is 5.92 Å². The summed E-state index contributed by atoms with van der Waals surface area (Å²) in [5, 5.41) is 9.64. The minimum atomic E-state index is 0.223. The summed E-state index contributed by atoms with van der Waals surface area (Å²) in [6.45, 7) is 3.26. The quantitative estimate of drug-likeness (QED) is 0.491. The highest BCUT2D eigenvalue weighted by atomic mass is 16.3. The molecule has 32 heavy (non-hydrogen) atoms. The monoisotopic (exact) mass is 430 g/mol. The van der Waals surface area contributed by atoms with Crippen molar-refractivity contribution in [1.82, 2.24) is 24.5 Å². The molecule has 0 amide bonds. The smallest absolute Gasteiger partial charge is 0.131 e. The molecule has 2 atom stereocenters. The lowest BCUT2D eigenvalue weighted by atomic mass is 9.95. The highest BCUT2D eigenvalue weighted by Gasteiger charge is 2.30. The summed E-state index contributed by atoms with van der Waals surface area (Å²) >= 11 is 0. The number of nitrogens with zero attached hydrogens (tertiary/aromatic N) is 5. The van der Waals surface area contributed by atoms with Gasteiger partial charge in [0.25, 0.3) is 0 Å². The molecule has 7 nitrogen and oxygen atoms in total. The third kappa shape index (κ3) is 3.26.